The summed E-state index contributed by atoms with van der Waals surface area (Å²) in [5.74, 6) is 0. The Balaban J connectivity index is 1.92. The lowest BCUT2D eigenvalue weighted by Crippen LogP contribution is -1.97. The van der Waals surface area contributed by atoms with Crippen molar-refractivity contribution in [3.63, 3.8) is 0 Å². The van der Waals surface area contributed by atoms with Gasteiger partial charge in [0.25, 0.3) is 0 Å². The minimum absolute atomic E-state index is 1.17. The van der Waals surface area contributed by atoms with Gasteiger partial charge in [-0.05, 0) is 73.4 Å². The quantitative estimate of drug-likeness (QED) is 0.497. The van der Waals surface area contributed by atoms with E-state index in [1.54, 1.807) is 0 Å². The predicted octanol–water partition coefficient (Wildman–Crippen LogP) is 5.17. The van der Waals surface area contributed by atoms with Gasteiger partial charge in [-0.15, -0.1) is 0 Å². The molecule has 0 radical (unpaired) electrons. The van der Waals surface area contributed by atoms with Crippen molar-refractivity contribution in [1.82, 2.24) is 14.3 Å². The highest BCUT2D eigenvalue weighted by Gasteiger charge is 2.15. The maximum Gasteiger partial charge on any atom is 0.0757 e. The lowest BCUT2D eigenvalue weighted by Gasteiger charge is -2.12. The molecule has 0 saturated carbocycles. The fourth-order valence-corrected chi connectivity index (χ4v) is 3.61. The smallest absolute Gasteiger partial charge is 0.0757 e. The molecule has 2 heterocycles. The van der Waals surface area contributed by atoms with Crippen molar-refractivity contribution in [2.75, 3.05) is 0 Å². The summed E-state index contributed by atoms with van der Waals surface area (Å²) in [4.78, 5) is 0. The van der Waals surface area contributed by atoms with Crippen LogP contribution in [0.2, 0.25) is 0 Å². The van der Waals surface area contributed by atoms with Gasteiger partial charge in [-0.3, -0.25) is 4.68 Å². The van der Waals surface area contributed by atoms with E-state index in [0.29, 0.717) is 0 Å². The summed E-state index contributed by atoms with van der Waals surface area (Å²) >= 11 is 0. The number of benzene rings is 2. The first-order chi connectivity index (χ1) is 12.0. The summed E-state index contributed by atoms with van der Waals surface area (Å²) in [7, 11) is 4.10. The Kier molecular flexibility index (Phi) is 3.53. The molecule has 0 saturated heterocycles. The zero-order valence-electron chi connectivity index (χ0n) is 15.5. The summed E-state index contributed by atoms with van der Waals surface area (Å²) in [5, 5.41) is 5.80. The molecule has 0 aliphatic rings. The van der Waals surface area contributed by atoms with E-state index in [0.717, 1.165) is 0 Å². The van der Waals surface area contributed by atoms with E-state index in [1.165, 1.54) is 50.0 Å². The largest absolute Gasteiger partial charge is 0.351 e. The van der Waals surface area contributed by atoms with Crippen LogP contribution in [-0.4, -0.2) is 14.3 Å². The fraction of sp³-hybridized carbons (Fsp3) is 0.227. The molecule has 4 rings (SSSR count). The lowest BCUT2D eigenvalue weighted by atomic mass is 9.95. The van der Waals surface area contributed by atoms with Crippen LogP contribution in [0.15, 0.2) is 48.8 Å². The molecule has 0 unspecified atom stereocenters. The Bertz CT molecular complexity index is 1070. The van der Waals surface area contributed by atoms with E-state index in [9.17, 15) is 0 Å². The minimum atomic E-state index is 1.17. The van der Waals surface area contributed by atoms with Crippen molar-refractivity contribution in [2.45, 2.75) is 20.8 Å². The monoisotopic (exact) mass is 329 g/mol. The maximum atomic E-state index is 4.55. The third-order valence-electron chi connectivity index (χ3n) is 5.34. The zero-order valence-corrected chi connectivity index (χ0v) is 15.5. The Morgan fingerprint density at radius 2 is 1.56 bits per heavy atom. The van der Waals surface area contributed by atoms with E-state index in [4.69, 9.17) is 0 Å². The Morgan fingerprint density at radius 3 is 2.28 bits per heavy atom. The molecule has 3 nitrogen and oxygen atoms in total. The van der Waals surface area contributed by atoms with E-state index < -0.39 is 0 Å². The second kappa shape index (κ2) is 5.62. The first-order valence-electron chi connectivity index (χ1n) is 8.61. The van der Waals surface area contributed by atoms with Crippen molar-refractivity contribution in [3.05, 3.63) is 65.5 Å². The van der Waals surface area contributed by atoms with Gasteiger partial charge in [0.15, 0.2) is 0 Å². The molecule has 3 heteroatoms. The molecule has 126 valence electrons. The van der Waals surface area contributed by atoms with E-state index in [2.05, 4.69) is 80.1 Å². The summed E-state index contributed by atoms with van der Waals surface area (Å²) < 4.78 is 4.13. The standard InChI is InChI=1S/C22H23N3/c1-14-10-19(11-15(2)16(14)3)22-20(13-23-25(22)5)17-6-7-21-18(12-17)8-9-24(21)4/h6-13H,1-5H3. The van der Waals surface area contributed by atoms with Gasteiger partial charge in [-0.25, -0.2) is 0 Å². The molecule has 0 fully saturated rings. The highest BCUT2D eigenvalue weighted by atomic mass is 15.3. The lowest BCUT2D eigenvalue weighted by molar-refractivity contribution is 0.776. The molecule has 0 bridgehead atoms. The second-order valence-corrected chi connectivity index (χ2v) is 6.97. The van der Waals surface area contributed by atoms with Crippen LogP contribution in [0.1, 0.15) is 16.7 Å². The van der Waals surface area contributed by atoms with Crippen LogP contribution in [0, 0.1) is 20.8 Å². The van der Waals surface area contributed by atoms with E-state index >= 15 is 0 Å². The average molecular weight is 329 g/mol. The number of nitrogens with zero attached hydrogens (tertiary/aromatic N) is 3. The van der Waals surface area contributed by atoms with Gasteiger partial charge in [-0.2, -0.15) is 5.10 Å². The molecular formula is C22H23N3. The van der Waals surface area contributed by atoms with Gasteiger partial charge in [0.1, 0.15) is 0 Å². The van der Waals surface area contributed by atoms with Gasteiger partial charge in [-0.1, -0.05) is 6.07 Å². The summed E-state index contributed by atoms with van der Waals surface area (Å²) in [6.45, 7) is 6.54. The van der Waals surface area contributed by atoms with Crippen molar-refractivity contribution >= 4 is 10.9 Å². The molecule has 0 amide bonds. The maximum absolute atomic E-state index is 4.55. The molecule has 0 N–H and O–H groups in total. The van der Waals surface area contributed by atoms with Gasteiger partial charge in [0.2, 0.25) is 0 Å². The number of hydrogen-bond acceptors (Lipinski definition) is 1. The van der Waals surface area contributed by atoms with Crippen LogP contribution in [0.25, 0.3) is 33.3 Å². The Hall–Kier alpha value is -2.81. The minimum Gasteiger partial charge on any atom is -0.351 e. The molecule has 0 aliphatic carbocycles. The number of fused-ring (bicyclic) bond motifs is 1. The summed E-state index contributed by atoms with van der Waals surface area (Å²) in [5.41, 5.74) is 10.0. The van der Waals surface area contributed by atoms with Gasteiger partial charge < -0.3 is 4.57 Å². The summed E-state index contributed by atoms with van der Waals surface area (Å²) in [6.07, 6.45) is 4.08. The zero-order chi connectivity index (χ0) is 17.7. The Labute approximate surface area is 148 Å². The first-order valence-corrected chi connectivity index (χ1v) is 8.61. The molecule has 0 aliphatic heterocycles. The first kappa shape index (κ1) is 15.7. The molecule has 0 atom stereocenters. The number of rotatable bonds is 2. The van der Waals surface area contributed by atoms with Crippen LogP contribution >= 0.6 is 0 Å². The second-order valence-electron chi connectivity index (χ2n) is 6.97. The normalized spacial score (nSPS) is 11.4. The van der Waals surface area contributed by atoms with Crippen molar-refractivity contribution < 1.29 is 0 Å². The van der Waals surface area contributed by atoms with Crippen LogP contribution in [0.5, 0.6) is 0 Å². The Morgan fingerprint density at radius 1 is 0.840 bits per heavy atom. The highest BCUT2D eigenvalue weighted by molar-refractivity contribution is 5.89. The average Bonchev–Trinajstić information content (AvgIpc) is 3.15. The third-order valence-corrected chi connectivity index (χ3v) is 5.34. The van der Waals surface area contributed by atoms with Crippen molar-refractivity contribution in [2.24, 2.45) is 14.1 Å². The third kappa shape index (κ3) is 2.47. The van der Waals surface area contributed by atoms with Crippen LogP contribution in [-0.2, 0) is 14.1 Å². The van der Waals surface area contributed by atoms with Gasteiger partial charge >= 0.3 is 0 Å². The van der Waals surface area contributed by atoms with E-state index in [1.807, 2.05) is 17.9 Å². The fourth-order valence-electron chi connectivity index (χ4n) is 3.61. The number of aromatic nitrogens is 3. The molecule has 25 heavy (non-hydrogen) atoms. The summed E-state index contributed by atoms with van der Waals surface area (Å²) in [6, 6.07) is 13.3. The molecular weight excluding hydrogens is 306 g/mol. The van der Waals surface area contributed by atoms with Crippen LogP contribution in [0.4, 0.5) is 0 Å². The van der Waals surface area contributed by atoms with Gasteiger partial charge in [0, 0.05) is 42.3 Å². The number of aryl methyl sites for hydroxylation is 4. The van der Waals surface area contributed by atoms with Gasteiger partial charge in [0.05, 0.1) is 11.9 Å². The van der Waals surface area contributed by atoms with E-state index in [-0.39, 0.29) is 0 Å². The predicted molar refractivity (Wildman–Crippen MR) is 105 cm³/mol. The van der Waals surface area contributed by atoms with Crippen molar-refractivity contribution in [1.29, 1.82) is 0 Å². The molecule has 2 aromatic carbocycles. The highest BCUT2D eigenvalue weighted by Crippen LogP contribution is 2.34. The molecule has 2 aromatic heterocycles. The topological polar surface area (TPSA) is 22.8 Å². The number of hydrogen-bond donors (Lipinski definition) is 0. The van der Waals surface area contributed by atoms with Crippen LogP contribution in [0.3, 0.4) is 0 Å². The van der Waals surface area contributed by atoms with Crippen LogP contribution < -0.4 is 0 Å². The SMILES string of the molecule is Cc1cc(-c2c(-c3ccc4c(ccn4C)c3)cnn2C)cc(C)c1C. The molecule has 4 aromatic rings. The van der Waals surface area contributed by atoms with Crippen molar-refractivity contribution in [3.8, 4) is 22.4 Å². The molecule has 0 spiro atoms.